The third-order valence-corrected chi connectivity index (χ3v) is 3.16. The third kappa shape index (κ3) is 8.02. The smallest absolute Gasteiger partial charge is 0.119 e. The monoisotopic (exact) mass is 297 g/mol. The van der Waals surface area contributed by atoms with Gasteiger partial charge in [0.2, 0.25) is 0 Å². The predicted octanol–water partition coefficient (Wildman–Crippen LogP) is 1.33. The van der Waals surface area contributed by atoms with Gasteiger partial charge in [0.25, 0.3) is 0 Å². The number of rotatable bonds is 11. The molecule has 1 rings (SSSR count). The van der Waals surface area contributed by atoms with Gasteiger partial charge in [-0.3, -0.25) is 4.90 Å². The van der Waals surface area contributed by atoms with Crippen LogP contribution >= 0.6 is 0 Å². The summed E-state index contributed by atoms with van der Waals surface area (Å²) in [5, 5.41) is 10.1. The Morgan fingerprint density at radius 2 is 1.62 bits per heavy atom. The highest BCUT2D eigenvalue weighted by atomic mass is 16.5. The van der Waals surface area contributed by atoms with Gasteiger partial charge in [0.15, 0.2) is 0 Å². The van der Waals surface area contributed by atoms with E-state index >= 15 is 0 Å². The van der Waals surface area contributed by atoms with E-state index in [0.717, 1.165) is 18.8 Å². The molecule has 0 fully saturated rings. The summed E-state index contributed by atoms with van der Waals surface area (Å²) in [6.07, 6.45) is -0.542. The molecular weight excluding hydrogens is 270 g/mol. The van der Waals surface area contributed by atoms with Crippen molar-refractivity contribution in [3.8, 4) is 5.75 Å². The number of hydrogen-bond acceptors (Lipinski definition) is 5. The Morgan fingerprint density at radius 3 is 2.14 bits per heavy atom. The van der Waals surface area contributed by atoms with E-state index in [2.05, 4.69) is 4.90 Å². The minimum Gasteiger partial charge on any atom is -0.491 e. The molecule has 0 saturated carbocycles. The Morgan fingerprint density at radius 1 is 1.05 bits per heavy atom. The molecule has 1 N–H and O–H groups in total. The number of aryl methyl sites for hydroxylation is 1. The number of nitrogens with zero attached hydrogens (tertiary/aromatic N) is 1. The summed E-state index contributed by atoms with van der Waals surface area (Å²) < 4.78 is 15.8. The first-order chi connectivity index (χ1) is 10.2. The molecule has 5 heteroatoms. The van der Waals surface area contributed by atoms with Crippen LogP contribution < -0.4 is 4.74 Å². The summed E-state index contributed by atoms with van der Waals surface area (Å²) >= 11 is 0. The maximum absolute atomic E-state index is 10.1. The molecule has 0 aliphatic heterocycles. The Labute approximate surface area is 127 Å². The summed E-state index contributed by atoms with van der Waals surface area (Å²) in [5.41, 5.74) is 1.19. The number of aliphatic hydroxyl groups is 1. The fourth-order valence-corrected chi connectivity index (χ4v) is 1.91. The van der Waals surface area contributed by atoms with Gasteiger partial charge in [-0.1, -0.05) is 17.7 Å². The lowest BCUT2D eigenvalue weighted by Gasteiger charge is -2.24. The Kier molecular flexibility index (Phi) is 9.01. The number of ether oxygens (including phenoxy) is 3. The van der Waals surface area contributed by atoms with Gasteiger partial charge >= 0.3 is 0 Å². The molecule has 1 unspecified atom stereocenters. The van der Waals surface area contributed by atoms with E-state index in [9.17, 15) is 5.11 Å². The number of hydrogen-bond donors (Lipinski definition) is 1. The van der Waals surface area contributed by atoms with E-state index in [1.165, 1.54) is 5.56 Å². The standard InChI is InChI=1S/C16H27NO4/c1-14-4-6-16(7-5-14)21-13-15(18)12-17(8-10-19-2)9-11-20-3/h4-7,15,18H,8-13H2,1-3H3. The van der Waals surface area contributed by atoms with E-state index < -0.39 is 6.10 Å². The number of aliphatic hydroxyl groups excluding tert-OH is 1. The highest BCUT2D eigenvalue weighted by molar-refractivity contribution is 5.26. The molecule has 0 aliphatic carbocycles. The first-order valence-corrected chi connectivity index (χ1v) is 7.23. The zero-order valence-corrected chi connectivity index (χ0v) is 13.2. The lowest BCUT2D eigenvalue weighted by molar-refractivity contribution is 0.0460. The van der Waals surface area contributed by atoms with E-state index in [-0.39, 0.29) is 6.61 Å². The molecule has 0 aliphatic rings. The minimum atomic E-state index is -0.542. The van der Waals surface area contributed by atoms with Crippen molar-refractivity contribution >= 4 is 0 Å². The maximum Gasteiger partial charge on any atom is 0.119 e. The first kappa shape index (κ1) is 17.9. The lowest BCUT2D eigenvalue weighted by Crippen LogP contribution is -2.39. The molecule has 5 nitrogen and oxygen atoms in total. The topological polar surface area (TPSA) is 51.2 Å². The summed E-state index contributed by atoms with van der Waals surface area (Å²) in [7, 11) is 3.34. The average Bonchev–Trinajstić information content (AvgIpc) is 2.49. The molecule has 0 saturated heterocycles. The van der Waals surface area contributed by atoms with Gasteiger partial charge < -0.3 is 19.3 Å². The average molecular weight is 297 g/mol. The molecule has 0 bridgehead atoms. The summed E-state index contributed by atoms with van der Waals surface area (Å²) in [4.78, 5) is 2.11. The van der Waals surface area contributed by atoms with Crippen LogP contribution in [0.5, 0.6) is 5.75 Å². The van der Waals surface area contributed by atoms with Crippen molar-refractivity contribution < 1.29 is 19.3 Å². The van der Waals surface area contributed by atoms with Crippen LogP contribution in [0.25, 0.3) is 0 Å². The number of benzene rings is 1. The highest BCUT2D eigenvalue weighted by Crippen LogP contribution is 2.11. The van der Waals surface area contributed by atoms with Crippen LogP contribution in [0.2, 0.25) is 0 Å². The second kappa shape index (κ2) is 10.6. The SMILES string of the molecule is COCCN(CCOC)CC(O)COc1ccc(C)cc1. The molecule has 1 atom stereocenters. The second-order valence-corrected chi connectivity index (χ2v) is 5.06. The van der Waals surface area contributed by atoms with Crippen LogP contribution in [0.15, 0.2) is 24.3 Å². The largest absolute Gasteiger partial charge is 0.491 e. The van der Waals surface area contributed by atoms with Crippen molar-refractivity contribution in [2.24, 2.45) is 0 Å². The zero-order chi connectivity index (χ0) is 15.5. The van der Waals surface area contributed by atoms with E-state index in [1.54, 1.807) is 14.2 Å². The van der Waals surface area contributed by atoms with E-state index in [1.807, 2.05) is 31.2 Å². The maximum atomic E-state index is 10.1. The fraction of sp³-hybridized carbons (Fsp3) is 0.625. The van der Waals surface area contributed by atoms with Crippen LogP contribution in [0.4, 0.5) is 0 Å². The molecule has 0 aromatic heterocycles. The van der Waals surface area contributed by atoms with Gasteiger partial charge in [-0.25, -0.2) is 0 Å². The molecule has 120 valence electrons. The minimum absolute atomic E-state index is 0.277. The first-order valence-electron chi connectivity index (χ1n) is 7.23. The lowest BCUT2D eigenvalue weighted by atomic mass is 10.2. The van der Waals surface area contributed by atoms with Crippen molar-refractivity contribution in [2.75, 3.05) is 53.7 Å². The molecule has 0 amide bonds. The molecular formula is C16H27NO4. The van der Waals surface area contributed by atoms with Crippen LogP contribution in [-0.4, -0.2) is 69.8 Å². The zero-order valence-electron chi connectivity index (χ0n) is 13.2. The van der Waals surface area contributed by atoms with Crippen LogP contribution in [0.1, 0.15) is 5.56 Å². The van der Waals surface area contributed by atoms with Gasteiger partial charge in [0, 0.05) is 33.9 Å². The molecule has 0 heterocycles. The normalized spacial score (nSPS) is 12.6. The quantitative estimate of drug-likeness (QED) is 0.668. The Balaban J connectivity index is 2.34. The predicted molar refractivity (Wildman–Crippen MR) is 82.9 cm³/mol. The molecule has 0 radical (unpaired) electrons. The molecule has 1 aromatic carbocycles. The van der Waals surface area contributed by atoms with Crippen molar-refractivity contribution in [3.63, 3.8) is 0 Å². The van der Waals surface area contributed by atoms with Gasteiger partial charge in [0.05, 0.1) is 13.2 Å². The van der Waals surface area contributed by atoms with Crippen molar-refractivity contribution in [1.82, 2.24) is 4.90 Å². The van der Waals surface area contributed by atoms with Crippen molar-refractivity contribution in [3.05, 3.63) is 29.8 Å². The van der Waals surface area contributed by atoms with Crippen LogP contribution in [0.3, 0.4) is 0 Å². The van der Waals surface area contributed by atoms with E-state index in [0.29, 0.717) is 19.8 Å². The third-order valence-electron chi connectivity index (χ3n) is 3.16. The highest BCUT2D eigenvalue weighted by Gasteiger charge is 2.12. The van der Waals surface area contributed by atoms with Gasteiger partial charge in [-0.05, 0) is 19.1 Å². The van der Waals surface area contributed by atoms with Crippen LogP contribution in [0, 0.1) is 6.92 Å². The summed E-state index contributed by atoms with van der Waals surface area (Å²) in [6, 6.07) is 7.81. The summed E-state index contributed by atoms with van der Waals surface area (Å²) in [6.45, 7) is 5.65. The fourth-order valence-electron chi connectivity index (χ4n) is 1.91. The Hall–Kier alpha value is -1.14. The van der Waals surface area contributed by atoms with E-state index in [4.69, 9.17) is 14.2 Å². The number of methoxy groups -OCH3 is 2. The molecule has 21 heavy (non-hydrogen) atoms. The molecule has 0 spiro atoms. The molecule has 1 aromatic rings. The van der Waals surface area contributed by atoms with Gasteiger partial charge in [-0.2, -0.15) is 0 Å². The second-order valence-electron chi connectivity index (χ2n) is 5.06. The van der Waals surface area contributed by atoms with Gasteiger partial charge in [0.1, 0.15) is 18.5 Å². The van der Waals surface area contributed by atoms with Crippen molar-refractivity contribution in [2.45, 2.75) is 13.0 Å². The van der Waals surface area contributed by atoms with Crippen LogP contribution in [-0.2, 0) is 9.47 Å². The Bertz CT molecular complexity index is 361. The van der Waals surface area contributed by atoms with Crippen molar-refractivity contribution in [1.29, 1.82) is 0 Å². The summed E-state index contributed by atoms with van der Waals surface area (Å²) in [5.74, 6) is 0.778. The van der Waals surface area contributed by atoms with Gasteiger partial charge in [-0.15, -0.1) is 0 Å².